The van der Waals surface area contributed by atoms with Crippen LogP contribution in [0.2, 0.25) is 5.02 Å². The minimum absolute atomic E-state index is 0.178. The third-order valence-electron chi connectivity index (χ3n) is 2.03. The van der Waals surface area contributed by atoms with Gasteiger partial charge in [-0.3, -0.25) is 0 Å². The Morgan fingerprint density at radius 2 is 1.77 bits per heavy atom. The van der Waals surface area contributed by atoms with E-state index in [9.17, 15) is 5.11 Å². The van der Waals surface area contributed by atoms with Crippen molar-refractivity contribution in [3.8, 4) is 0 Å². The van der Waals surface area contributed by atoms with Crippen molar-refractivity contribution in [3.05, 3.63) is 47.0 Å². The summed E-state index contributed by atoms with van der Waals surface area (Å²) in [6.45, 7) is -0.178. The second-order valence-electron chi connectivity index (χ2n) is 2.97. The Bertz CT molecular complexity index is 437. The van der Waals surface area contributed by atoms with Crippen LogP contribution in [0.3, 0.4) is 0 Å². The van der Waals surface area contributed by atoms with Crippen molar-refractivity contribution in [2.24, 2.45) is 0 Å². The summed E-state index contributed by atoms with van der Waals surface area (Å²) in [6, 6.07) is 11.3. The smallest absolute Gasteiger partial charge is 0.107 e. The lowest BCUT2D eigenvalue weighted by atomic mass is 10.1. The molecule has 0 unspecified atom stereocenters. The summed E-state index contributed by atoms with van der Waals surface area (Å²) >= 11 is 5.84. The number of hydrogen-bond donors (Lipinski definition) is 0. The molecule has 0 aliphatic carbocycles. The maximum Gasteiger partial charge on any atom is 0.107 e. The molecule has 0 aliphatic rings. The molecular weight excluding hydrogens is 184 g/mol. The van der Waals surface area contributed by atoms with E-state index in [1.165, 1.54) is 0 Å². The van der Waals surface area contributed by atoms with Crippen molar-refractivity contribution >= 4 is 22.4 Å². The van der Waals surface area contributed by atoms with E-state index < -0.39 is 0 Å². The molecule has 0 N–H and O–H groups in total. The summed E-state index contributed by atoms with van der Waals surface area (Å²) in [7, 11) is 0. The fourth-order valence-corrected chi connectivity index (χ4v) is 1.54. The monoisotopic (exact) mass is 191 g/mol. The van der Waals surface area contributed by atoms with Gasteiger partial charge in [-0.2, -0.15) is 0 Å². The maximum atomic E-state index is 10.6. The first-order valence-corrected chi connectivity index (χ1v) is 4.44. The molecule has 2 aromatic rings. The molecule has 0 aliphatic heterocycles. The third kappa shape index (κ3) is 1.67. The average Bonchev–Trinajstić information content (AvgIpc) is 2.16. The van der Waals surface area contributed by atoms with Crippen LogP contribution in [0.15, 0.2) is 36.4 Å². The molecular formula is C11H8ClO. The maximum absolute atomic E-state index is 10.6. The fourth-order valence-electron chi connectivity index (χ4n) is 1.36. The number of fused-ring (bicyclic) bond motifs is 1. The van der Waals surface area contributed by atoms with Crippen molar-refractivity contribution in [1.82, 2.24) is 0 Å². The average molecular weight is 192 g/mol. The standard InChI is InChI=1S/C11H8ClO/c12-11-4-3-9-2-1-8(7-13)5-10(9)6-11/h1-6H,7H2. The van der Waals surface area contributed by atoms with Crippen LogP contribution in [-0.2, 0) is 11.7 Å². The molecule has 0 spiro atoms. The minimum Gasteiger partial charge on any atom is -0.232 e. The first-order chi connectivity index (χ1) is 6.29. The van der Waals surface area contributed by atoms with E-state index in [0.717, 1.165) is 16.3 Å². The molecule has 0 aromatic heterocycles. The zero-order valence-corrected chi connectivity index (χ0v) is 7.71. The highest BCUT2D eigenvalue weighted by atomic mass is 35.5. The topological polar surface area (TPSA) is 19.9 Å². The highest BCUT2D eigenvalue weighted by molar-refractivity contribution is 6.31. The minimum atomic E-state index is -0.178. The molecule has 0 heterocycles. The first-order valence-electron chi connectivity index (χ1n) is 4.06. The lowest BCUT2D eigenvalue weighted by Crippen LogP contribution is -1.81. The molecule has 65 valence electrons. The highest BCUT2D eigenvalue weighted by Gasteiger charge is 1.96. The zero-order chi connectivity index (χ0) is 9.26. The van der Waals surface area contributed by atoms with E-state index >= 15 is 0 Å². The lowest BCUT2D eigenvalue weighted by Gasteiger charge is -2.00. The second-order valence-corrected chi connectivity index (χ2v) is 3.41. The predicted octanol–water partition coefficient (Wildman–Crippen LogP) is 3.42. The number of benzene rings is 2. The van der Waals surface area contributed by atoms with Gasteiger partial charge in [0.25, 0.3) is 0 Å². The van der Waals surface area contributed by atoms with Crippen molar-refractivity contribution in [2.45, 2.75) is 6.61 Å². The van der Waals surface area contributed by atoms with Gasteiger partial charge in [0, 0.05) is 5.02 Å². The molecule has 0 saturated heterocycles. The molecule has 1 radical (unpaired) electrons. The fraction of sp³-hybridized carbons (Fsp3) is 0.0909. The Balaban J connectivity index is 2.68. The summed E-state index contributed by atoms with van der Waals surface area (Å²) in [5, 5.41) is 13.5. The van der Waals surface area contributed by atoms with Crippen LogP contribution < -0.4 is 0 Å². The van der Waals surface area contributed by atoms with Crippen LogP contribution in [0.1, 0.15) is 5.56 Å². The molecule has 0 atom stereocenters. The number of rotatable bonds is 1. The van der Waals surface area contributed by atoms with Crippen molar-refractivity contribution < 1.29 is 5.11 Å². The first kappa shape index (κ1) is 8.54. The molecule has 0 fully saturated rings. The van der Waals surface area contributed by atoms with Gasteiger partial charge in [0.05, 0.1) is 0 Å². The van der Waals surface area contributed by atoms with E-state index in [2.05, 4.69) is 0 Å². The normalized spacial score (nSPS) is 10.6. The molecule has 0 amide bonds. The van der Waals surface area contributed by atoms with Crippen LogP contribution in [0.4, 0.5) is 0 Å². The second kappa shape index (κ2) is 3.36. The molecule has 2 rings (SSSR count). The van der Waals surface area contributed by atoms with Crippen LogP contribution in [0, 0.1) is 0 Å². The largest absolute Gasteiger partial charge is 0.232 e. The van der Waals surface area contributed by atoms with Crippen molar-refractivity contribution in [1.29, 1.82) is 0 Å². The summed E-state index contributed by atoms with van der Waals surface area (Å²) in [6.07, 6.45) is 0. The van der Waals surface area contributed by atoms with Crippen molar-refractivity contribution in [3.63, 3.8) is 0 Å². The van der Waals surface area contributed by atoms with Crippen LogP contribution in [0.25, 0.3) is 10.8 Å². The van der Waals surface area contributed by atoms with Crippen molar-refractivity contribution in [2.75, 3.05) is 0 Å². The number of hydrogen-bond acceptors (Lipinski definition) is 0. The molecule has 2 aromatic carbocycles. The summed E-state index contributed by atoms with van der Waals surface area (Å²) in [5.41, 5.74) is 0.801. The highest BCUT2D eigenvalue weighted by Crippen LogP contribution is 2.20. The van der Waals surface area contributed by atoms with E-state index in [-0.39, 0.29) is 6.61 Å². The molecule has 2 heteroatoms. The van der Waals surface area contributed by atoms with Gasteiger partial charge in [0.1, 0.15) is 6.61 Å². The van der Waals surface area contributed by atoms with Gasteiger partial charge < -0.3 is 0 Å². The lowest BCUT2D eigenvalue weighted by molar-refractivity contribution is 0.177. The third-order valence-corrected chi connectivity index (χ3v) is 2.27. The van der Waals surface area contributed by atoms with Gasteiger partial charge in [-0.25, -0.2) is 5.11 Å². The van der Waals surface area contributed by atoms with Crippen LogP contribution in [0.5, 0.6) is 0 Å². The van der Waals surface area contributed by atoms with E-state index in [4.69, 9.17) is 11.6 Å². The Kier molecular flexibility index (Phi) is 2.21. The summed E-state index contributed by atoms with van der Waals surface area (Å²) in [4.78, 5) is 0. The van der Waals surface area contributed by atoms with Gasteiger partial charge in [0.2, 0.25) is 0 Å². The van der Waals surface area contributed by atoms with Gasteiger partial charge in [-0.15, -0.1) is 0 Å². The predicted molar refractivity (Wildman–Crippen MR) is 53.3 cm³/mol. The van der Waals surface area contributed by atoms with Gasteiger partial charge in [-0.1, -0.05) is 29.8 Å². The quantitative estimate of drug-likeness (QED) is 0.658. The summed E-state index contributed by atoms with van der Waals surface area (Å²) in [5.74, 6) is 0. The Morgan fingerprint density at radius 3 is 2.54 bits per heavy atom. The van der Waals surface area contributed by atoms with Crippen LogP contribution >= 0.6 is 11.6 Å². The molecule has 13 heavy (non-hydrogen) atoms. The van der Waals surface area contributed by atoms with E-state index in [1.807, 2.05) is 36.4 Å². The number of halogens is 1. The van der Waals surface area contributed by atoms with Crippen LogP contribution in [-0.4, -0.2) is 0 Å². The van der Waals surface area contributed by atoms with Gasteiger partial charge in [-0.05, 0) is 34.5 Å². The van der Waals surface area contributed by atoms with Gasteiger partial charge >= 0.3 is 0 Å². The molecule has 1 nitrogen and oxygen atoms in total. The molecule has 0 saturated carbocycles. The Hall–Kier alpha value is -1.05. The summed E-state index contributed by atoms with van der Waals surface area (Å²) < 4.78 is 0. The van der Waals surface area contributed by atoms with Gasteiger partial charge in [0.15, 0.2) is 0 Å². The molecule has 0 bridgehead atoms. The van der Waals surface area contributed by atoms with E-state index in [1.54, 1.807) is 0 Å². The SMILES string of the molecule is [O]Cc1ccc2ccc(Cl)cc2c1. The Morgan fingerprint density at radius 1 is 1.00 bits per heavy atom. The van der Waals surface area contributed by atoms with E-state index in [0.29, 0.717) is 5.02 Å². The zero-order valence-electron chi connectivity index (χ0n) is 6.96. The Labute approximate surface area is 81.6 Å².